The number of rotatable bonds is 72. The molecule has 6 nitrogen and oxygen atoms in total. The lowest BCUT2D eigenvalue weighted by molar-refractivity contribution is -0.167. The Bertz CT molecular complexity index is 1240. The van der Waals surface area contributed by atoms with Crippen LogP contribution in [0.15, 0.2) is 0 Å². The fourth-order valence-corrected chi connectivity index (χ4v) is 12.2. The van der Waals surface area contributed by atoms with Gasteiger partial charge in [-0.2, -0.15) is 0 Å². The Balaban J connectivity index is 4.14. The summed E-state index contributed by atoms with van der Waals surface area (Å²) in [6, 6.07) is 0. The van der Waals surface area contributed by atoms with Crippen LogP contribution in [0.1, 0.15) is 451 Å². The summed E-state index contributed by atoms with van der Waals surface area (Å²) in [7, 11) is 0. The van der Waals surface area contributed by atoms with Gasteiger partial charge in [0, 0.05) is 19.3 Å². The molecule has 0 bridgehead atoms. The topological polar surface area (TPSA) is 78.9 Å². The van der Waals surface area contributed by atoms with E-state index in [1.807, 2.05) is 0 Å². The Morgan fingerprint density at radius 3 is 0.488 bits per heavy atom. The highest BCUT2D eigenvalue weighted by molar-refractivity contribution is 5.71. The van der Waals surface area contributed by atoms with Gasteiger partial charge >= 0.3 is 17.9 Å². The third-order valence-electron chi connectivity index (χ3n) is 17.9. The maximum Gasteiger partial charge on any atom is 0.306 e. The van der Waals surface area contributed by atoms with E-state index in [2.05, 4.69) is 20.8 Å². The van der Waals surface area contributed by atoms with E-state index in [9.17, 15) is 14.4 Å². The van der Waals surface area contributed by atoms with Gasteiger partial charge in [-0.15, -0.1) is 0 Å². The number of unbranched alkanes of at least 4 members (excludes halogenated alkanes) is 61. The third kappa shape index (κ3) is 69.2. The number of hydrogen-bond donors (Lipinski definition) is 0. The first-order valence-electron chi connectivity index (χ1n) is 38.0. The number of carbonyl (C=O) groups excluding carboxylic acids is 3. The molecule has 82 heavy (non-hydrogen) atoms. The molecule has 1 unspecified atom stereocenters. The minimum Gasteiger partial charge on any atom is -0.462 e. The van der Waals surface area contributed by atoms with Crippen LogP contribution in [0.2, 0.25) is 0 Å². The molecular weight excluding hydrogens is 1010 g/mol. The Labute approximate surface area is 514 Å². The van der Waals surface area contributed by atoms with Crippen molar-refractivity contribution in [1.29, 1.82) is 0 Å². The molecule has 0 heterocycles. The van der Waals surface area contributed by atoms with Gasteiger partial charge in [-0.05, 0) is 19.3 Å². The lowest BCUT2D eigenvalue weighted by atomic mass is 10.0. The predicted octanol–water partition coefficient (Wildman–Crippen LogP) is 26.2. The number of esters is 3. The summed E-state index contributed by atoms with van der Waals surface area (Å²) in [5.74, 6) is -0.816. The Morgan fingerprint density at radius 2 is 0.329 bits per heavy atom. The summed E-state index contributed by atoms with van der Waals surface area (Å²) in [6.45, 7) is 6.75. The van der Waals surface area contributed by atoms with Crippen molar-refractivity contribution >= 4 is 17.9 Å². The smallest absolute Gasteiger partial charge is 0.306 e. The number of ether oxygens (including phenoxy) is 3. The van der Waals surface area contributed by atoms with Crippen LogP contribution in [0.5, 0.6) is 0 Å². The van der Waals surface area contributed by atoms with Crippen molar-refractivity contribution in [1.82, 2.24) is 0 Å². The molecule has 0 aromatic rings. The van der Waals surface area contributed by atoms with Crippen molar-refractivity contribution < 1.29 is 28.6 Å². The first-order valence-corrected chi connectivity index (χ1v) is 38.0. The van der Waals surface area contributed by atoms with Crippen LogP contribution in [0.25, 0.3) is 0 Å². The van der Waals surface area contributed by atoms with Gasteiger partial charge in [-0.1, -0.05) is 412 Å². The van der Waals surface area contributed by atoms with Gasteiger partial charge in [-0.25, -0.2) is 0 Å². The van der Waals surface area contributed by atoms with E-state index < -0.39 is 6.10 Å². The van der Waals surface area contributed by atoms with Crippen LogP contribution in [0.3, 0.4) is 0 Å². The summed E-state index contributed by atoms with van der Waals surface area (Å²) in [6.07, 6.45) is 85.9. The Kier molecular flexibility index (Phi) is 70.5. The van der Waals surface area contributed by atoms with E-state index in [0.717, 1.165) is 57.8 Å². The highest BCUT2D eigenvalue weighted by atomic mass is 16.6. The third-order valence-corrected chi connectivity index (χ3v) is 17.9. The highest BCUT2D eigenvalue weighted by Gasteiger charge is 2.20. The summed E-state index contributed by atoms with van der Waals surface area (Å²) in [4.78, 5) is 38.5. The van der Waals surface area contributed by atoms with E-state index in [0.29, 0.717) is 19.3 Å². The molecule has 0 aromatic carbocycles. The maximum atomic E-state index is 13.0. The van der Waals surface area contributed by atoms with Crippen LogP contribution in [0, 0.1) is 0 Å². The van der Waals surface area contributed by atoms with Gasteiger partial charge in [0.25, 0.3) is 0 Å². The van der Waals surface area contributed by atoms with Crippen molar-refractivity contribution in [2.24, 2.45) is 0 Å². The zero-order valence-corrected chi connectivity index (χ0v) is 56.3. The second-order valence-electron chi connectivity index (χ2n) is 26.3. The molecule has 0 radical (unpaired) electrons. The SMILES string of the molecule is CCCCCCCCCCCCCCCCCCCCCCCCCCCCCCCCC(=O)OCC(COC(=O)CCCCCCCCCCCCCCCCC)OC(=O)CCCCCCCCCCCCCCCCCCCCC. The zero-order chi connectivity index (χ0) is 59.2. The minimum atomic E-state index is -0.764. The van der Waals surface area contributed by atoms with Crippen molar-refractivity contribution in [3.8, 4) is 0 Å². The first kappa shape index (κ1) is 80.4. The molecule has 0 N–H and O–H groups in total. The van der Waals surface area contributed by atoms with E-state index >= 15 is 0 Å². The molecule has 0 aliphatic heterocycles. The molecule has 0 saturated carbocycles. The number of carbonyl (C=O) groups is 3. The monoisotopic (exact) mass is 1160 g/mol. The fourth-order valence-electron chi connectivity index (χ4n) is 12.2. The Hall–Kier alpha value is -1.59. The molecular formula is C76H148O6. The summed E-state index contributed by atoms with van der Waals surface area (Å²) < 4.78 is 17.0. The van der Waals surface area contributed by atoms with Gasteiger partial charge in [0.1, 0.15) is 13.2 Å². The molecule has 1 atom stereocenters. The Morgan fingerprint density at radius 1 is 0.195 bits per heavy atom. The molecule has 488 valence electrons. The molecule has 0 rings (SSSR count). The maximum absolute atomic E-state index is 13.0. The average Bonchev–Trinajstić information content (AvgIpc) is 3.47. The van der Waals surface area contributed by atoms with Crippen molar-refractivity contribution in [2.45, 2.75) is 457 Å². The molecule has 0 saturated heterocycles. The van der Waals surface area contributed by atoms with Crippen LogP contribution in [-0.2, 0) is 28.6 Å². The summed E-state index contributed by atoms with van der Waals surface area (Å²) >= 11 is 0. The van der Waals surface area contributed by atoms with Crippen molar-refractivity contribution in [2.75, 3.05) is 13.2 Å². The van der Waals surface area contributed by atoms with Crippen molar-refractivity contribution in [3.63, 3.8) is 0 Å². The zero-order valence-electron chi connectivity index (χ0n) is 56.3. The first-order chi connectivity index (χ1) is 40.5. The summed E-state index contributed by atoms with van der Waals surface area (Å²) in [5, 5.41) is 0. The predicted molar refractivity (Wildman–Crippen MR) is 358 cm³/mol. The van der Waals surface area contributed by atoms with Gasteiger partial charge in [0.2, 0.25) is 0 Å². The molecule has 0 aliphatic rings. The van der Waals surface area contributed by atoms with Gasteiger partial charge in [0.15, 0.2) is 6.10 Å². The quantitative estimate of drug-likeness (QED) is 0.0343. The normalized spacial score (nSPS) is 11.9. The molecule has 0 fully saturated rings. The summed E-state index contributed by atoms with van der Waals surface area (Å²) in [5.41, 5.74) is 0. The molecule has 0 amide bonds. The average molecular weight is 1160 g/mol. The largest absolute Gasteiger partial charge is 0.462 e. The lowest BCUT2D eigenvalue weighted by Crippen LogP contribution is -2.30. The molecule has 0 aromatic heterocycles. The number of hydrogen-bond acceptors (Lipinski definition) is 6. The van der Waals surface area contributed by atoms with E-state index in [4.69, 9.17) is 14.2 Å². The van der Waals surface area contributed by atoms with E-state index in [1.165, 1.54) is 353 Å². The molecule has 6 heteroatoms. The van der Waals surface area contributed by atoms with E-state index in [-0.39, 0.29) is 31.1 Å². The fraction of sp³-hybridized carbons (Fsp3) is 0.961. The standard InChI is InChI=1S/C76H148O6/c1-4-7-10-13-16-19-22-25-28-30-32-33-34-35-36-37-38-39-40-41-42-44-45-48-51-54-57-60-63-66-69-75(78)81-72-73(71-80-74(77)68-65-62-59-56-53-50-47-27-24-21-18-15-12-9-6-3)82-76(79)70-67-64-61-58-55-52-49-46-43-31-29-26-23-20-17-14-11-8-5-2/h73H,4-72H2,1-3H3. The van der Waals surface area contributed by atoms with Crippen molar-refractivity contribution in [3.05, 3.63) is 0 Å². The van der Waals surface area contributed by atoms with Crippen LogP contribution < -0.4 is 0 Å². The second kappa shape index (κ2) is 71.9. The van der Waals surface area contributed by atoms with Crippen LogP contribution in [-0.4, -0.2) is 37.2 Å². The van der Waals surface area contributed by atoms with Gasteiger partial charge in [-0.3, -0.25) is 14.4 Å². The minimum absolute atomic E-state index is 0.0599. The van der Waals surface area contributed by atoms with Gasteiger partial charge < -0.3 is 14.2 Å². The lowest BCUT2D eigenvalue weighted by Gasteiger charge is -2.18. The van der Waals surface area contributed by atoms with Crippen LogP contribution >= 0.6 is 0 Å². The second-order valence-corrected chi connectivity index (χ2v) is 26.3. The molecule has 0 aliphatic carbocycles. The van der Waals surface area contributed by atoms with Gasteiger partial charge in [0.05, 0.1) is 0 Å². The molecule has 0 spiro atoms. The highest BCUT2D eigenvalue weighted by Crippen LogP contribution is 2.20. The van der Waals surface area contributed by atoms with Crippen LogP contribution in [0.4, 0.5) is 0 Å². The van der Waals surface area contributed by atoms with E-state index in [1.54, 1.807) is 0 Å².